The predicted octanol–water partition coefficient (Wildman–Crippen LogP) is 4.17. The van der Waals surface area contributed by atoms with Gasteiger partial charge in [0.15, 0.2) is 18.5 Å². The van der Waals surface area contributed by atoms with Crippen LogP contribution in [0, 0.1) is 18.2 Å². The fourth-order valence-electron chi connectivity index (χ4n) is 6.75. The zero-order valence-electron chi connectivity index (χ0n) is 21.3. The molecule has 4 fully saturated rings. The molecule has 4 aliphatic carbocycles. The van der Waals surface area contributed by atoms with Gasteiger partial charge in [-0.2, -0.15) is 0 Å². The molecule has 5 aliphatic rings. The van der Waals surface area contributed by atoms with Crippen LogP contribution in [0.25, 0.3) is 0 Å². The average molecular weight is 543 g/mol. The Hall–Kier alpha value is -2.68. The number of amides is 1. The van der Waals surface area contributed by atoms with Gasteiger partial charge in [-0.05, 0) is 74.3 Å². The average Bonchev–Trinajstić information content (AvgIpc) is 2.81. The van der Waals surface area contributed by atoms with E-state index < -0.39 is 6.10 Å². The molecule has 2 unspecified atom stereocenters. The summed E-state index contributed by atoms with van der Waals surface area (Å²) in [6, 6.07) is 10.2. The summed E-state index contributed by atoms with van der Waals surface area (Å²) in [5.41, 5.74) is 1.11. The zero-order valence-corrected chi connectivity index (χ0v) is 22.0. The summed E-state index contributed by atoms with van der Waals surface area (Å²) >= 11 is 6.24. The van der Waals surface area contributed by atoms with Gasteiger partial charge in [-0.15, -0.1) is 0 Å². The number of rotatable bonds is 9. The van der Waals surface area contributed by atoms with Crippen LogP contribution < -0.4 is 20.1 Å². The van der Waals surface area contributed by atoms with E-state index in [9.17, 15) is 19.1 Å². The second kappa shape index (κ2) is 9.50. The first-order valence-electron chi connectivity index (χ1n) is 13.2. The van der Waals surface area contributed by atoms with E-state index in [0.29, 0.717) is 47.8 Å². The van der Waals surface area contributed by atoms with Crippen LogP contribution >= 0.6 is 11.6 Å². The lowest BCUT2D eigenvalue weighted by atomic mass is 9.38. The largest absolute Gasteiger partial charge is 0.484 e. The Labute approximate surface area is 226 Å². The van der Waals surface area contributed by atoms with Crippen LogP contribution in [0.2, 0.25) is 5.02 Å². The van der Waals surface area contributed by atoms with Gasteiger partial charge >= 0.3 is 0 Å². The number of fused-ring (bicyclic) bond motifs is 1. The monoisotopic (exact) mass is 542 g/mol. The third kappa shape index (κ3) is 4.90. The summed E-state index contributed by atoms with van der Waals surface area (Å²) in [7, 11) is 0. The van der Waals surface area contributed by atoms with Gasteiger partial charge in [0.1, 0.15) is 17.3 Å². The molecule has 1 amide bonds. The smallest absolute Gasteiger partial charge is 0.258 e. The van der Waals surface area contributed by atoms with E-state index in [1.165, 1.54) is 6.07 Å². The molecule has 0 saturated heterocycles. The Bertz CT molecular complexity index is 1260. The highest BCUT2D eigenvalue weighted by Gasteiger charge is 2.68. The van der Waals surface area contributed by atoms with Gasteiger partial charge in [0.2, 0.25) is 0 Å². The number of hydrogen-bond donors (Lipinski definition) is 3. The predicted molar refractivity (Wildman–Crippen MR) is 139 cm³/mol. The number of aliphatic hydroxyl groups is 1. The van der Waals surface area contributed by atoms with Crippen LogP contribution in [0.4, 0.5) is 4.39 Å². The van der Waals surface area contributed by atoms with Crippen LogP contribution in [0.15, 0.2) is 36.4 Å². The number of Topliss-reactive ketones (excluding diaryl/α,β-unsaturated/α-hetero) is 1. The topological polar surface area (TPSA) is 96.9 Å². The van der Waals surface area contributed by atoms with Crippen molar-refractivity contribution in [1.29, 1.82) is 0 Å². The fraction of sp³-hybridized carbons (Fsp3) is 0.517. The van der Waals surface area contributed by atoms with Crippen LogP contribution in [-0.2, 0) is 9.59 Å². The molecule has 38 heavy (non-hydrogen) atoms. The molecule has 2 atom stereocenters. The van der Waals surface area contributed by atoms with E-state index in [4.69, 9.17) is 21.1 Å². The van der Waals surface area contributed by atoms with Crippen molar-refractivity contribution in [2.24, 2.45) is 5.41 Å². The summed E-state index contributed by atoms with van der Waals surface area (Å²) in [4.78, 5) is 25.8. The minimum Gasteiger partial charge on any atom is -0.484 e. The van der Waals surface area contributed by atoms with E-state index in [2.05, 4.69) is 10.6 Å². The third-order valence-corrected chi connectivity index (χ3v) is 8.82. The van der Waals surface area contributed by atoms with Crippen molar-refractivity contribution in [3.05, 3.63) is 58.4 Å². The number of hydrogen-bond acceptors (Lipinski definition) is 6. The second-order valence-electron chi connectivity index (χ2n) is 11.8. The molecule has 0 aromatic heterocycles. The number of nitrogens with one attached hydrogen (secondary N) is 2. The lowest BCUT2D eigenvalue weighted by Crippen LogP contribution is -2.75. The van der Waals surface area contributed by atoms with Crippen molar-refractivity contribution in [3.63, 3.8) is 0 Å². The Morgan fingerprint density at radius 1 is 1.16 bits per heavy atom. The summed E-state index contributed by atoms with van der Waals surface area (Å²) in [5.74, 6) is 0.459. The molecule has 9 heteroatoms. The molecule has 1 heterocycles. The summed E-state index contributed by atoms with van der Waals surface area (Å²) in [6.45, 7) is 1.49. The van der Waals surface area contributed by atoms with Crippen LogP contribution in [0.5, 0.6) is 11.5 Å². The molecule has 3 N–H and O–H groups in total. The van der Waals surface area contributed by atoms with Crippen molar-refractivity contribution in [3.8, 4) is 11.5 Å². The van der Waals surface area contributed by atoms with Crippen LogP contribution in [0.1, 0.15) is 62.1 Å². The normalized spacial score (nSPS) is 32.5. The Morgan fingerprint density at radius 3 is 2.63 bits per heavy atom. The highest BCUT2D eigenvalue weighted by Crippen LogP contribution is 2.69. The van der Waals surface area contributed by atoms with E-state index >= 15 is 0 Å². The molecule has 2 aromatic carbocycles. The molecular weight excluding hydrogens is 511 g/mol. The highest BCUT2D eigenvalue weighted by molar-refractivity contribution is 6.30. The first-order valence-corrected chi connectivity index (χ1v) is 13.6. The van der Waals surface area contributed by atoms with Crippen molar-refractivity contribution >= 4 is 23.3 Å². The van der Waals surface area contributed by atoms with Gasteiger partial charge in [0, 0.05) is 47.1 Å². The standard InChI is InChI=1S/C29H32ClFN2O5/c1-16-2-4-20(9-22(16)31)37-12-27(36)33-29-13-28(14-29,15-29)11-24(35)26-10-23(32-18-7-19(34)8-18)21-6-17(30)3-5-25(21)38-26/h2-6,9,18-19,23,26,32,34H,7-8,10-15H2,1H3,(H,33,36). The number of aryl methyl sites for hydroxylation is 1. The summed E-state index contributed by atoms with van der Waals surface area (Å²) in [5, 5.41) is 16.9. The molecule has 1 aliphatic heterocycles. The SMILES string of the molecule is Cc1ccc(OCC(=O)NC23CC(CC(=O)C4CC(NC5CC(O)C5)c5cc(Cl)ccc5O4)(C2)C3)cc1F. The van der Waals surface area contributed by atoms with Crippen LogP contribution in [-0.4, -0.2) is 47.2 Å². The fourth-order valence-corrected chi connectivity index (χ4v) is 6.93. The van der Waals surface area contributed by atoms with E-state index in [-0.39, 0.29) is 53.3 Å². The molecule has 2 aromatic rings. The zero-order chi connectivity index (χ0) is 26.7. The first-order chi connectivity index (χ1) is 18.1. The van der Waals surface area contributed by atoms with Gasteiger partial charge in [-0.3, -0.25) is 9.59 Å². The molecule has 7 nitrogen and oxygen atoms in total. The van der Waals surface area contributed by atoms with E-state index in [1.807, 2.05) is 12.1 Å². The van der Waals surface area contributed by atoms with Crippen molar-refractivity contribution in [2.45, 2.75) is 81.7 Å². The number of ketones is 1. The molecule has 7 rings (SSSR count). The molecular formula is C29H32ClFN2O5. The quantitative estimate of drug-likeness (QED) is 0.440. The lowest BCUT2D eigenvalue weighted by molar-refractivity contribution is -0.175. The number of benzene rings is 2. The Morgan fingerprint density at radius 2 is 1.92 bits per heavy atom. The molecule has 202 valence electrons. The van der Waals surface area contributed by atoms with Crippen molar-refractivity contribution in [1.82, 2.24) is 10.6 Å². The van der Waals surface area contributed by atoms with Gasteiger partial charge in [-0.1, -0.05) is 17.7 Å². The molecule has 4 saturated carbocycles. The maximum absolute atomic E-state index is 13.7. The number of aliphatic hydroxyl groups excluding tert-OH is 1. The first kappa shape index (κ1) is 25.6. The maximum atomic E-state index is 13.7. The minimum absolute atomic E-state index is 0.0652. The van der Waals surface area contributed by atoms with Gasteiger partial charge in [0.05, 0.1) is 6.10 Å². The summed E-state index contributed by atoms with van der Waals surface area (Å²) in [6.07, 6.45) is 3.82. The summed E-state index contributed by atoms with van der Waals surface area (Å²) < 4.78 is 25.3. The molecule has 2 bridgehead atoms. The number of carbonyl (C=O) groups excluding carboxylic acids is 2. The van der Waals surface area contributed by atoms with E-state index in [0.717, 1.165) is 24.8 Å². The molecule has 0 radical (unpaired) electrons. The van der Waals surface area contributed by atoms with E-state index in [1.54, 1.807) is 25.1 Å². The van der Waals surface area contributed by atoms with Crippen LogP contribution in [0.3, 0.4) is 0 Å². The number of ether oxygens (including phenoxy) is 2. The number of carbonyl (C=O) groups is 2. The van der Waals surface area contributed by atoms with Gasteiger partial charge in [-0.25, -0.2) is 4.39 Å². The Kier molecular flexibility index (Phi) is 6.40. The lowest BCUT2D eigenvalue weighted by Gasteiger charge is -2.70. The molecule has 0 spiro atoms. The number of halogens is 2. The second-order valence-corrected chi connectivity index (χ2v) is 12.2. The minimum atomic E-state index is -0.547. The van der Waals surface area contributed by atoms with Crippen molar-refractivity contribution in [2.75, 3.05) is 6.61 Å². The highest BCUT2D eigenvalue weighted by atomic mass is 35.5. The maximum Gasteiger partial charge on any atom is 0.258 e. The van der Waals surface area contributed by atoms with Gasteiger partial charge in [0.25, 0.3) is 5.91 Å². The van der Waals surface area contributed by atoms with Crippen molar-refractivity contribution < 1.29 is 28.6 Å². The Balaban J connectivity index is 1.01. The van der Waals surface area contributed by atoms with Gasteiger partial charge < -0.3 is 25.2 Å². The third-order valence-electron chi connectivity index (χ3n) is 8.58.